The monoisotopic (exact) mass is 392 g/mol. The summed E-state index contributed by atoms with van der Waals surface area (Å²) in [5.74, 6) is 2.79. The van der Waals surface area contributed by atoms with Crippen molar-refractivity contribution in [3.63, 3.8) is 0 Å². The Morgan fingerprint density at radius 3 is 2.67 bits per heavy atom. The summed E-state index contributed by atoms with van der Waals surface area (Å²) in [6, 6.07) is 3.31. The molecule has 2 rings (SSSR count). The zero-order valence-corrected chi connectivity index (χ0v) is 16.7. The molecule has 146 valence electrons. The number of ether oxygens (including phenoxy) is 3. The summed E-state index contributed by atoms with van der Waals surface area (Å²) < 4.78 is 15.6. The highest BCUT2D eigenvalue weighted by molar-refractivity contribution is 6.32. The normalized spacial score (nSPS) is 21.5. The lowest BCUT2D eigenvalue weighted by Crippen LogP contribution is -2.33. The molecule has 0 amide bonds. The average molecular weight is 393 g/mol. The van der Waals surface area contributed by atoms with E-state index in [4.69, 9.17) is 32.2 Å². The second-order valence-corrected chi connectivity index (χ2v) is 7.42. The first-order chi connectivity index (χ1) is 12.9. The summed E-state index contributed by atoms with van der Waals surface area (Å²) in [5.41, 5.74) is 0.361. The van der Waals surface area contributed by atoms with Crippen LogP contribution in [0.25, 0.3) is 0 Å². The molecule has 27 heavy (non-hydrogen) atoms. The Morgan fingerprint density at radius 1 is 1.33 bits per heavy atom. The van der Waals surface area contributed by atoms with E-state index in [1.165, 1.54) is 14.2 Å². The van der Waals surface area contributed by atoms with Crippen molar-refractivity contribution in [2.75, 3.05) is 27.9 Å². The highest BCUT2D eigenvalue weighted by Crippen LogP contribution is 2.46. The molecule has 2 unspecified atom stereocenters. The van der Waals surface area contributed by atoms with Crippen LogP contribution in [0.2, 0.25) is 5.02 Å². The van der Waals surface area contributed by atoms with Gasteiger partial charge in [-0.3, -0.25) is 9.59 Å². The van der Waals surface area contributed by atoms with Gasteiger partial charge in [0.1, 0.15) is 11.5 Å². The molecule has 1 saturated carbocycles. The third-order valence-electron chi connectivity index (χ3n) is 5.18. The fourth-order valence-corrected chi connectivity index (χ4v) is 4.21. The van der Waals surface area contributed by atoms with E-state index in [-0.39, 0.29) is 30.5 Å². The van der Waals surface area contributed by atoms with Crippen LogP contribution < -0.4 is 4.74 Å². The molecule has 1 aliphatic carbocycles. The van der Waals surface area contributed by atoms with E-state index < -0.39 is 5.41 Å². The molecule has 0 saturated heterocycles. The van der Waals surface area contributed by atoms with Gasteiger partial charge in [0.2, 0.25) is 0 Å². The van der Waals surface area contributed by atoms with Crippen molar-refractivity contribution < 1.29 is 23.8 Å². The Balaban J connectivity index is 2.20. The number of halogens is 1. The first-order valence-corrected chi connectivity index (χ1v) is 9.19. The topological polar surface area (TPSA) is 61.8 Å². The van der Waals surface area contributed by atoms with E-state index in [9.17, 15) is 9.59 Å². The summed E-state index contributed by atoms with van der Waals surface area (Å²) in [5, 5.41) is 0.381. The van der Waals surface area contributed by atoms with Gasteiger partial charge < -0.3 is 14.2 Å². The molecule has 1 aliphatic rings. The quantitative estimate of drug-likeness (QED) is 0.501. The maximum absolute atomic E-state index is 12.8. The number of benzene rings is 1. The van der Waals surface area contributed by atoms with Crippen molar-refractivity contribution in [2.45, 2.75) is 32.1 Å². The predicted octanol–water partition coefficient (Wildman–Crippen LogP) is 3.44. The maximum atomic E-state index is 12.8. The molecule has 0 radical (unpaired) electrons. The van der Waals surface area contributed by atoms with Crippen molar-refractivity contribution in [1.29, 1.82) is 0 Å². The first kappa shape index (κ1) is 21.3. The number of carbonyl (C=O) groups excluding carboxylic acids is 2. The highest BCUT2D eigenvalue weighted by Gasteiger charge is 2.47. The number of hydrogen-bond donors (Lipinski definition) is 0. The van der Waals surface area contributed by atoms with Crippen molar-refractivity contribution in [3.05, 3.63) is 28.3 Å². The van der Waals surface area contributed by atoms with E-state index in [0.717, 1.165) is 6.42 Å². The van der Waals surface area contributed by atoms with E-state index in [2.05, 4.69) is 5.92 Å². The predicted molar refractivity (Wildman–Crippen MR) is 103 cm³/mol. The molecule has 0 spiro atoms. The van der Waals surface area contributed by atoms with Gasteiger partial charge in [-0.25, -0.2) is 0 Å². The van der Waals surface area contributed by atoms with Gasteiger partial charge in [0.05, 0.1) is 19.6 Å². The number of terminal acetylenes is 1. The molecule has 1 fully saturated rings. The molecule has 0 bridgehead atoms. The number of carbonyl (C=O) groups is 2. The van der Waals surface area contributed by atoms with E-state index in [0.29, 0.717) is 41.3 Å². The summed E-state index contributed by atoms with van der Waals surface area (Å²) in [7, 11) is 4.50. The van der Waals surface area contributed by atoms with Crippen LogP contribution in [0.15, 0.2) is 12.1 Å². The van der Waals surface area contributed by atoms with Crippen LogP contribution in [-0.4, -0.2) is 39.7 Å². The van der Waals surface area contributed by atoms with Crippen molar-refractivity contribution in [1.82, 2.24) is 0 Å². The van der Waals surface area contributed by atoms with Gasteiger partial charge in [-0.1, -0.05) is 17.5 Å². The third-order valence-corrected chi connectivity index (χ3v) is 5.52. The fraction of sp³-hybridized carbons (Fsp3) is 0.524. The van der Waals surface area contributed by atoms with Gasteiger partial charge in [0.25, 0.3) is 0 Å². The Hall–Kier alpha value is -2.03. The van der Waals surface area contributed by atoms with Crippen LogP contribution in [0, 0.1) is 23.7 Å². The molecular formula is C21H25ClO5. The van der Waals surface area contributed by atoms with Crippen molar-refractivity contribution >= 4 is 23.4 Å². The average Bonchev–Trinajstić information content (AvgIpc) is 3.06. The molecule has 6 heteroatoms. The molecule has 1 aromatic rings. The summed E-state index contributed by atoms with van der Waals surface area (Å²) in [6.45, 7) is 0.570. The number of hydrogen-bond acceptors (Lipinski definition) is 5. The lowest BCUT2D eigenvalue weighted by Gasteiger charge is -2.26. The Bertz CT molecular complexity index is 752. The van der Waals surface area contributed by atoms with Gasteiger partial charge in [0.15, 0.2) is 0 Å². The zero-order valence-electron chi connectivity index (χ0n) is 16.0. The first-order valence-electron chi connectivity index (χ1n) is 8.81. The fourth-order valence-electron chi connectivity index (χ4n) is 3.94. The molecule has 1 aromatic carbocycles. The van der Waals surface area contributed by atoms with Gasteiger partial charge in [-0.15, -0.1) is 6.42 Å². The van der Waals surface area contributed by atoms with Gasteiger partial charge in [-0.2, -0.15) is 0 Å². The number of Topliss-reactive ketones (excluding diaryl/α,β-unsaturated/α-hetero) is 1. The number of ketones is 1. The molecule has 0 aliphatic heterocycles. The van der Waals surface area contributed by atoms with Crippen LogP contribution in [0.1, 0.15) is 36.8 Å². The zero-order chi connectivity index (χ0) is 20.0. The summed E-state index contributed by atoms with van der Waals surface area (Å²) in [6.07, 6.45) is 7.62. The molecule has 5 nitrogen and oxygen atoms in total. The van der Waals surface area contributed by atoms with Crippen LogP contribution in [0.3, 0.4) is 0 Å². The molecule has 0 N–H and O–H groups in total. The minimum Gasteiger partial charge on any atom is -0.496 e. The summed E-state index contributed by atoms with van der Waals surface area (Å²) >= 11 is 6.31. The standard InChI is InChI=1S/C21H25ClO5/c1-5-14-8-18(22)17(19(9-14)26-3)10-16(23)12-21(20(24)27-4)7-6-15(11-21)13-25-2/h1,8-9,15H,6-7,10-13H2,2-4H3. The van der Waals surface area contributed by atoms with Crippen molar-refractivity contribution in [3.8, 4) is 18.1 Å². The lowest BCUT2D eigenvalue weighted by atomic mass is 9.79. The van der Waals surface area contributed by atoms with Gasteiger partial charge in [-0.05, 0) is 37.3 Å². The minimum atomic E-state index is -0.798. The Morgan fingerprint density at radius 2 is 2.07 bits per heavy atom. The molecule has 0 heterocycles. The molecule has 0 aromatic heterocycles. The minimum absolute atomic E-state index is 0.0700. The Kier molecular flexibility index (Phi) is 7.29. The summed E-state index contributed by atoms with van der Waals surface area (Å²) in [4.78, 5) is 25.3. The van der Waals surface area contributed by atoms with Crippen LogP contribution in [0.4, 0.5) is 0 Å². The highest BCUT2D eigenvalue weighted by atomic mass is 35.5. The second-order valence-electron chi connectivity index (χ2n) is 7.01. The second kappa shape index (κ2) is 9.25. The smallest absolute Gasteiger partial charge is 0.312 e. The SMILES string of the molecule is C#Cc1cc(Cl)c(CC(=O)CC2(C(=O)OC)CCC(COC)C2)c(OC)c1. The Labute approximate surface area is 165 Å². The van der Waals surface area contributed by atoms with E-state index in [1.54, 1.807) is 19.2 Å². The van der Waals surface area contributed by atoms with E-state index in [1.807, 2.05) is 0 Å². The van der Waals surface area contributed by atoms with Crippen LogP contribution >= 0.6 is 11.6 Å². The maximum Gasteiger partial charge on any atom is 0.312 e. The number of esters is 1. The number of methoxy groups -OCH3 is 3. The lowest BCUT2D eigenvalue weighted by molar-refractivity contribution is -0.155. The molecular weight excluding hydrogens is 368 g/mol. The van der Waals surface area contributed by atoms with Crippen molar-refractivity contribution in [2.24, 2.45) is 11.3 Å². The molecule has 2 atom stereocenters. The van der Waals surface area contributed by atoms with Crippen LogP contribution in [0.5, 0.6) is 5.75 Å². The number of rotatable bonds is 8. The van der Waals surface area contributed by atoms with E-state index >= 15 is 0 Å². The largest absolute Gasteiger partial charge is 0.496 e. The van der Waals surface area contributed by atoms with Gasteiger partial charge in [0, 0.05) is 42.7 Å². The third kappa shape index (κ3) is 4.82. The van der Waals surface area contributed by atoms with Crippen LogP contribution in [-0.2, 0) is 25.5 Å². The van der Waals surface area contributed by atoms with Gasteiger partial charge >= 0.3 is 5.97 Å².